The number of aliphatic carboxylic acids is 1. The first-order valence-electron chi connectivity index (χ1n) is 9.65. The van der Waals surface area contributed by atoms with E-state index in [2.05, 4.69) is 40.4 Å². The number of rotatable bonds is 3. The third kappa shape index (κ3) is 5.63. The number of carboxylic acids is 1. The Balaban J connectivity index is 0.000000360. The minimum Gasteiger partial charge on any atom is -0.475 e. The molecule has 4 rings (SSSR count). The van der Waals surface area contributed by atoms with E-state index in [9.17, 15) is 18.0 Å². The molecule has 9 heteroatoms. The van der Waals surface area contributed by atoms with Gasteiger partial charge >= 0.3 is 12.1 Å². The Kier molecular flexibility index (Phi) is 6.77. The van der Waals surface area contributed by atoms with Gasteiger partial charge in [0.05, 0.1) is 11.3 Å². The van der Waals surface area contributed by atoms with Gasteiger partial charge in [0.15, 0.2) is 0 Å². The molecular formula is C23H20F3N3O3. The molecule has 0 bridgehead atoms. The molecule has 1 aliphatic heterocycles. The van der Waals surface area contributed by atoms with E-state index in [0.717, 1.165) is 34.6 Å². The molecule has 6 nitrogen and oxygen atoms in total. The van der Waals surface area contributed by atoms with E-state index < -0.39 is 12.1 Å². The average Bonchev–Trinajstić information content (AvgIpc) is 3.19. The van der Waals surface area contributed by atoms with Crippen LogP contribution in [0.1, 0.15) is 32.9 Å². The minimum absolute atomic E-state index is 0.00233. The van der Waals surface area contributed by atoms with Gasteiger partial charge in [-0.3, -0.25) is 9.78 Å². The van der Waals surface area contributed by atoms with Crippen LogP contribution in [0.5, 0.6) is 0 Å². The SMILES string of the molecule is Cc1ccccc1/C=C/c1cc(-c2cc3c([nH]2)CCNC3=O)ccn1.O=C(O)C(F)(F)F. The first kappa shape index (κ1) is 22.8. The van der Waals surface area contributed by atoms with Gasteiger partial charge in [-0.2, -0.15) is 13.2 Å². The topological polar surface area (TPSA) is 95.1 Å². The Labute approximate surface area is 181 Å². The zero-order chi connectivity index (χ0) is 23.3. The van der Waals surface area contributed by atoms with Crippen LogP contribution in [0.3, 0.4) is 0 Å². The molecule has 0 aliphatic carbocycles. The van der Waals surface area contributed by atoms with E-state index in [-0.39, 0.29) is 5.91 Å². The van der Waals surface area contributed by atoms with Crippen molar-refractivity contribution in [3.05, 3.63) is 76.7 Å². The summed E-state index contributed by atoms with van der Waals surface area (Å²) in [5, 5.41) is 10.0. The number of hydrogen-bond donors (Lipinski definition) is 3. The maximum atomic E-state index is 11.9. The number of aromatic amines is 1. The number of hydrogen-bond acceptors (Lipinski definition) is 3. The highest BCUT2D eigenvalue weighted by atomic mass is 19.4. The number of amides is 1. The van der Waals surface area contributed by atoms with Gasteiger partial charge in [-0.05, 0) is 42.3 Å². The zero-order valence-electron chi connectivity index (χ0n) is 17.0. The molecule has 1 aromatic carbocycles. The summed E-state index contributed by atoms with van der Waals surface area (Å²) in [5.41, 5.74) is 7.04. The number of carbonyl (C=O) groups excluding carboxylic acids is 1. The third-order valence-electron chi connectivity index (χ3n) is 4.76. The number of benzene rings is 1. The van der Waals surface area contributed by atoms with Gasteiger partial charge < -0.3 is 15.4 Å². The van der Waals surface area contributed by atoms with Crippen molar-refractivity contribution in [1.29, 1.82) is 0 Å². The Bertz CT molecular complexity index is 1170. The second-order valence-electron chi connectivity index (χ2n) is 7.04. The molecular weight excluding hydrogens is 423 g/mol. The standard InChI is InChI=1S/C21H19N3O.C2HF3O2/c1-14-4-2-3-5-15(14)6-7-17-12-16(8-10-22-17)20-13-18-19(24-20)9-11-23-21(18)25;3-2(4,5)1(6)7/h2-8,10,12-13,24H,9,11H2,1H3,(H,23,25);(H,6,7)/b7-6+;. The van der Waals surface area contributed by atoms with Gasteiger partial charge in [-0.1, -0.05) is 30.3 Å². The highest BCUT2D eigenvalue weighted by molar-refractivity contribution is 5.97. The van der Waals surface area contributed by atoms with Crippen molar-refractivity contribution >= 4 is 24.0 Å². The molecule has 0 fully saturated rings. The third-order valence-corrected chi connectivity index (χ3v) is 4.76. The van der Waals surface area contributed by atoms with Crippen molar-refractivity contribution in [1.82, 2.24) is 15.3 Å². The van der Waals surface area contributed by atoms with Crippen LogP contribution >= 0.6 is 0 Å². The average molecular weight is 443 g/mol. The number of nitrogens with zero attached hydrogens (tertiary/aromatic N) is 1. The van der Waals surface area contributed by atoms with Gasteiger partial charge in [0.1, 0.15) is 0 Å². The summed E-state index contributed by atoms with van der Waals surface area (Å²) in [6.45, 7) is 2.78. The number of halogens is 3. The maximum Gasteiger partial charge on any atom is 0.490 e. The maximum absolute atomic E-state index is 11.9. The van der Waals surface area contributed by atoms with Gasteiger partial charge in [0.25, 0.3) is 5.91 Å². The van der Waals surface area contributed by atoms with Crippen molar-refractivity contribution in [2.45, 2.75) is 19.5 Å². The summed E-state index contributed by atoms with van der Waals surface area (Å²) in [6, 6.07) is 14.2. The van der Waals surface area contributed by atoms with Crippen molar-refractivity contribution in [3.63, 3.8) is 0 Å². The van der Waals surface area contributed by atoms with E-state index >= 15 is 0 Å². The van der Waals surface area contributed by atoms with Crippen molar-refractivity contribution < 1.29 is 27.9 Å². The van der Waals surface area contributed by atoms with Crippen LogP contribution in [0, 0.1) is 6.92 Å². The summed E-state index contributed by atoms with van der Waals surface area (Å²) in [4.78, 5) is 28.6. The first-order chi connectivity index (χ1) is 15.1. The fourth-order valence-electron chi connectivity index (χ4n) is 3.10. The lowest BCUT2D eigenvalue weighted by atomic mass is 10.1. The summed E-state index contributed by atoms with van der Waals surface area (Å²) in [5.74, 6) is -2.76. The first-order valence-corrected chi connectivity index (χ1v) is 9.65. The van der Waals surface area contributed by atoms with Crippen LogP contribution in [0.4, 0.5) is 13.2 Å². The number of alkyl halides is 3. The highest BCUT2D eigenvalue weighted by Gasteiger charge is 2.38. The van der Waals surface area contributed by atoms with Gasteiger partial charge in [-0.15, -0.1) is 0 Å². The zero-order valence-corrected chi connectivity index (χ0v) is 17.0. The Morgan fingerprint density at radius 3 is 2.53 bits per heavy atom. The molecule has 1 aliphatic rings. The largest absolute Gasteiger partial charge is 0.490 e. The van der Waals surface area contributed by atoms with Crippen LogP contribution < -0.4 is 5.32 Å². The molecule has 32 heavy (non-hydrogen) atoms. The minimum atomic E-state index is -5.08. The van der Waals surface area contributed by atoms with Crippen LogP contribution in [-0.4, -0.2) is 39.7 Å². The Hall–Kier alpha value is -3.88. The second-order valence-corrected chi connectivity index (χ2v) is 7.04. The molecule has 0 saturated carbocycles. The van der Waals surface area contributed by atoms with E-state index in [4.69, 9.17) is 9.90 Å². The molecule has 166 valence electrons. The fourth-order valence-corrected chi connectivity index (χ4v) is 3.10. The lowest BCUT2D eigenvalue weighted by Gasteiger charge is -2.10. The van der Waals surface area contributed by atoms with Crippen molar-refractivity contribution in [3.8, 4) is 11.3 Å². The van der Waals surface area contributed by atoms with Crippen molar-refractivity contribution in [2.24, 2.45) is 0 Å². The monoisotopic (exact) mass is 443 g/mol. The summed E-state index contributed by atoms with van der Waals surface area (Å²) < 4.78 is 31.7. The molecule has 0 atom stereocenters. The Morgan fingerprint density at radius 1 is 1.16 bits per heavy atom. The van der Waals surface area contributed by atoms with Crippen LogP contribution in [-0.2, 0) is 11.2 Å². The van der Waals surface area contributed by atoms with Crippen LogP contribution in [0.2, 0.25) is 0 Å². The number of nitrogens with one attached hydrogen (secondary N) is 2. The molecule has 1 amide bonds. The number of fused-ring (bicyclic) bond motifs is 1. The number of aryl methyl sites for hydroxylation is 1. The number of H-pyrrole nitrogens is 1. The van der Waals surface area contributed by atoms with Gasteiger partial charge in [-0.25, -0.2) is 4.79 Å². The highest BCUT2D eigenvalue weighted by Crippen LogP contribution is 2.24. The summed E-state index contributed by atoms with van der Waals surface area (Å²) in [6.07, 6.45) is 1.65. The molecule has 0 saturated heterocycles. The normalized spacial score (nSPS) is 13.2. The van der Waals surface area contributed by atoms with E-state index in [0.29, 0.717) is 6.54 Å². The summed E-state index contributed by atoms with van der Waals surface area (Å²) in [7, 11) is 0. The lowest BCUT2D eigenvalue weighted by Crippen LogP contribution is -2.31. The fraction of sp³-hybridized carbons (Fsp3) is 0.174. The summed E-state index contributed by atoms with van der Waals surface area (Å²) >= 11 is 0. The molecule has 0 unspecified atom stereocenters. The number of carboxylic acid groups (broad SMARTS) is 1. The molecule has 3 heterocycles. The molecule has 2 aromatic heterocycles. The van der Waals surface area contributed by atoms with Gasteiger partial charge in [0, 0.05) is 36.1 Å². The number of carbonyl (C=O) groups is 2. The van der Waals surface area contributed by atoms with Crippen LogP contribution in [0.15, 0.2) is 48.7 Å². The van der Waals surface area contributed by atoms with E-state index in [1.807, 2.05) is 36.4 Å². The molecule has 3 aromatic rings. The smallest absolute Gasteiger partial charge is 0.475 e. The molecule has 0 radical (unpaired) electrons. The van der Waals surface area contributed by atoms with Crippen LogP contribution in [0.25, 0.3) is 23.4 Å². The van der Waals surface area contributed by atoms with Crippen molar-refractivity contribution in [2.75, 3.05) is 6.54 Å². The Morgan fingerprint density at radius 2 is 1.88 bits per heavy atom. The predicted octanol–water partition coefficient (Wildman–Crippen LogP) is 4.47. The predicted molar refractivity (Wildman–Crippen MR) is 114 cm³/mol. The van der Waals surface area contributed by atoms with Gasteiger partial charge in [0.2, 0.25) is 0 Å². The molecule has 0 spiro atoms. The quantitative estimate of drug-likeness (QED) is 0.557. The molecule has 3 N–H and O–H groups in total. The lowest BCUT2D eigenvalue weighted by molar-refractivity contribution is -0.192. The second kappa shape index (κ2) is 9.51. The number of aromatic nitrogens is 2. The number of pyridine rings is 1. The van der Waals surface area contributed by atoms with E-state index in [1.165, 1.54) is 11.1 Å². The van der Waals surface area contributed by atoms with E-state index in [1.54, 1.807) is 6.20 Å².